The molecule has 3 aliphatic rings. The molecule has 0 aromatic carbocycles. The number of nitrogen functional groups attached to an aromatic ring is 1. The Hall–Kier alpha value is -3.77. The summed E-state index contributed by atoms with van der Waals surface area (Å²) in [5, 5.41) is 15.1. The fourth-order valence-electron chi connectivity index (χ4n) is 4.39. The number of halogens is 1. The minimum Gasteiger partial charge on any atom is -0.477 e. The first-order valence-electron chi connectivity index (χ1n) is 11.7. The Morgan fingerprint density at radius 3 is 2.67 bits per heavy atom. The molecular formula is C21H27FN9O6S2+. The number of piperazine rings is 1. The van der Waals surface area contributed by atoms with E-state index >= 15 is 0 Å². The number of carboxylic acids is 1. The maximum Gasteiger partial charge on any atom is 0.352 e. The summed E-state index contributed by atoms with van der Waals surface area (Å²) in [6.45, 7) is 1.76. The molecule has 0 unspecified atom stereocenters. The summed E-state index contributed by atoms with van der Waals surface area (Å²) in [5.41, 5.74) is 10.7. The van der Waals surface area contributed by atoms with Crippen LogP contribution in [0.5, 0.6) is 0 Å². The first-order valence-corrected chi connectivity index (χ1v) is 13.5. The van der Waals surface area contributed by atoms with Gasteiger partial charge in [-0.25, -0.2) is 14.0 Å². The van der Waals surface area contributed by atoms with Crippen molar-refractivity contribution in [2.45, 2.75) is 11.4 Å². The number of hydrogen-bond donors (Lipinski definition) is 4. The summed E-state index contributed by atoms with van der Waals surface area (Å²) < 4.78 is 17.0. The third-order valence-electron chi connectivity index (χ3n) is 6.56. The number of carbonyl (C=O) groups excluding carboxylic acids is 3. The van der Waals surface area contributed by atoms with E-state index in [0.29, 0.717) is 42.8 Å². The van der Waals surface area contributed by atoms with E-state index in [-0.39, 0.29) is 22.4 Å². The summed E-state index contributed by atoms with van der Waals surface area (Å²) in [7, 11) is 2.04. The zero-order valence-electron chi connectivity index (χ0n) is 20.8. The van der Waals surface area contributed by atoms with Gasteiger partial charge in [-0.1, -0.05) is 11.2 Å². The predicted octanol–water partition coefficient (Wildman–Crippen LogP) is -1.10. The number of allylic oxidation sites excluding steroid dienone is 1. The van der Waals surface area contributed by atoms with Gasteiger partial charge in [-0.2, -0.15) is 9.36 Å². The van der Waals surface area contributed by atoms with Crippen molar-refractivity contribution in [1.82, 2.24) is 24.5 Å². The van der Waals surface area contributed by atoms with Crippen molar-refractivity contribution >= 4 is 58.0 Å². The summed E-state index contributed by atoms with van der Waals surface area (Å²) in [4.78, 5) is 60.2. The van der Waals surface area contributed by atoms with Crippen molar-refractivity contribution in [3.05, 3.63) is 29.2 Å². The number of aliphatic carboxylic acids is 1. The lowest BCUT2D eigenvalue weighted by molar-refractivity contribution is -0.907. The van der Waals surface area contributed by atoms with Crippen molar-refractivity contribution < 1.29 is 38.0 Å². The van der Waals surface area contributed by atoms with Gasteiger partial charge in [-0.05, 0) is 11.6 Å². The highest BCUT2D eigenvalue weighted by Crippen LogP contribution is 2.40. The number of rotatable bonds is 9. The summed E-state index contributed by atoms with van der Waals surface area (Å²) in [6.07, 6.45) is 3.57. The van der Waals surface area contributed by atoms with E-state index in [2.05, 4.69) is 24.7 Å². The third-order valence-corrected chi connectivity index (χ3v) is 8.40. The van der Waals surface area contributed by atoms with Crippen LogP contribution in [-0.4, -0.2) is 122 Å². The minimum absolute atomic E-state index is 0.0419. The molecule has 39 heavy (non-hydrogen) atoms. The van der Waals surface area contributed by atoms with Crippen LogP contribution in [0.2, 0.25) is 0 Å². The van der Waals surface area contributed by atoms with Gasteiger partial charge in [0.2, 0.25) is 11.5 Å². The second-order valence-electron chi connectivity index (χ2n) is 9.15. The molecule has 15 nitrogen and oxygen atoms in total. The number of aromatic nitrogens is 2. The Bertz CT molecular complexity index is 1260. The van der Waals surface area contributed by atoms with E-state index in [9.17, 15) is 28.7 Å². The largest absolute Gasteiger partial charge is 0.477 e. The second kappa shape index (κ2) is 11.5. The number of quaternary nitrogens is 1. The van der Waals surface area contributed by atoms with Crippen LogP contribution in [0.4, 0.5) is 14.3 Å². The predicted molar refractivity (Wildman–Crippen MR) is 139 cm³/mol. The van der Waals surface area contributed by atoms with E-state index in [0.717, 1.165) is 16.4 Å². The molecule has 210 valence electrons. The summed E-state index contributed by atoms with van der Waals surface area (Å²) >= 11 is 2.08. The quantitative estimate of drug-likeness (QED) is 0.119. The van der Waals surface area contributed by atoms with E-state index in [1.807, 2.05) is 13.1 Å². The molecule has 1 aromatic heterocycles. The van der Waals surface area contributed by atoms with Gasteiger partial charge < -0.3 is 36.1 Å². The number of thioether (sulfide) groups is 1. The van der Waals surface area contributed by atoms with E-state index < -0.39 is 47.8 Å². The Morgan fingerprint density at radius 2 is 2.08 bits per heavy atom. The lowest BCUT2D eigenvalue weighted by Crippen LogP contribution is -2.71. The molecule has 0 spiro atoms. The molecule has 2 fully saturated rings. The van der Waals surface area contributed by atoms with Gasteiger partial charge >= 0.3 is 12.0 Å². The molecule has 0 saturated carbocycles. The number of carbonyl (C=O) groups is 4. The highest BCUT2D eigenvalue weighted by atomic mass is 32.2. The van der Waals surface area contributed by atoms with Crippen LogP contribution in [0, 0.1) is 0 Å². The van der Waals surface area contributed by atoms with Gasteiger partial charge in [0.05, 0.1) is 39.8 Å². The molecule has 6 N–H and O–H groups in total. The number of alkyl halides is 1. The number of β-lactam (4-membered cyclic amide) rings is 1. The maximum atomic E-state index is 13.0. The molecule has 1 aromatic rings. The molecular weight excluding hydrogens is 557 g/mol. The number of likely N-dealkylation sites (N-methyl/N-ethyl adjacent to an activating group) is 1. The normalized spacial score (nSPS) is 22.9. The number of nitrogens with zero attached hydrogens (tertiary/aromatic N) is 6. The number of anilines is 1. The average Bonchev–Trinajstić information content (AvgIpc) is 3.32. The number of urea groups is 1. The van der Waals surface area contributed by atoms with Gasteiger partial charge in [-0.15, -0.1) is 11.8 Å². The Kier molecular flexibility index (Phi) is 8.36. The monoisotopic (exact) mass is 584 g/mol. The van der Waals surface area contributed by atoms with Gasteiger partial charge in [-0.3, -0.25) is 14.5 Å². The first-order chi connectivity index (χ1) is 18.5. The molecule has 2 saturated heterocycles. The number of primary amides is 1. The number of carboxylic acid groups (broad SMARTS) is 1. The number of hydrogen-bond acceptors (Lipinski definition) is 11. The molecule has 0 bridgehead atoms. The Morgan fingerprint density at radius 1 is 1.36 bits per heavy atom. The lowest BCUT2D eigenvalue weighted by atomic mass is 10.0. The van der Waals surface area contributed by atoms with Gasteiger partial charge in [0, 0.05) is 17.3 Å². The van der Waals surface area contributed by atoms with Crippen molar-refractivity contribution in [2.24, 2.45) is 10.9 Å². The summed E-state index contributed by atoms with van der Waals surface area (Å²) in [5.74, 6) is -2.71. The zero-order chi connectivity index (χ0) is 28.3. The van der Waals surface area contributed by atoms with Crippen molar-refractivity contribution in [3.63, 3.8) is 0 Å². The van der Waals surface area contributed by atoms with Crippen molar-refractivity contribution in [1.29, 1.82) is 0 Å². The number of oxime groups is 1. The van der Waals surface area contributed by atoms with Crippen LogP contribution >= 0.6 is 23.3 Å². The third kappa shape index (κ3) is 5.96. The number of amides is 4. The molecule has 4 heterocycles. The van der Waals surface area contributed by atoms with Crippen LogP contribution in [-0.2, 0) is 19.2 Å². The number of nitrogens with one attached hydrogen (secondary N) is 1. The van der Waals surface area contributed by atoms with Gasteiger partial charge in [0.15, 0.2) is 5.13 Å². The highest BCUT2D eigenvalue weighted by Gasteiger charge is 2.54. The van der Waals surface area contributed by atoms with E-state index in [1.54, 1.807) is 11.0 Å². The Balaban J connectivity index is 1.44. The van der Waals surface area contributed by atoms with Crippen LogP contribution < -0.4 is 16.8 Å². The molecule has 3 aliphatic heterocycles. The second-order valence-corrected chi connectivity index (χ2v) is 11.0. The first kappa shape index (κ1) is 28.2. The van der Waals surface area contributed by atoms with Crippen molar-refractivity contribution in [3.8, 4) is 0 Å². The molecule has 4 rings (SSSR count). The minimum atomic E-state index is -1.31. The molecule has 0 aliphatic carbocycles. The molecule has 2 atom stereocenters. The Labute approximate surface area is 230 Å². The van der Waals surface area contributed by atoms with Crippen LogP contribution in [0.3, 0.4) is 0 Å². The number of nitrogens with two attached hydrogens (primary N) is 2. The fourth-order valence-corrected chi connectivity index (χ4v) is 6.14. The molecule has 18 heteroatoms. The standard InChI is InChI=1S/C21H26FN9O6S2/c1-31(7-4-29(5-8-31)21(24)36)6-2-3-11-9-38-18-13(17(33)30(18)14(11)19(34)35)25-16(32)12(27-37-10-22)15-26-20(23)39-28-15/h2-3,13,18H,4-10H2,1H3,(H5-,23,24,25,26,28,32,34,35,36)/p+1/b3-2+,27-12-/t13-,18+/m1/s1. The van der Waals surface area contributed by atoms with Crippen LogP contribution in [0.25, 0.3) is 0 Å². The van der Waals surface area contributed by atoms with E-state index in [4.69, 9.17) is 11.5 Å². The van der Waals surface area contributed by atoms with Crippen molar-refractivity contribution in [2.75, 3.05) is 58.1 Å². The van der Waals surface area contributed by atoms with Crippen LogP contribution in [0.15, 0.2) is 28.6 Å². The topological polar surface area (TPSA) is 206 Å². The van der Waals surface area contributed by atoms with Gasteiger partial charge in [0.1, 0.15) is 17.1 Å². The zero-order valence-corrected chi connectivity index (χ0v) is 22.4. The molecule has 4 amide bonds. The smallest absolute Gasteiger partial charge is 0.352 e. The fraction of sp³-hybridized carbons (Fsp3) is 0.476. The van der Waals surface area contributed by atoms with Gasteiger partial charge in [0.25, 0.3) is 18.7 Å². The summed E-state index contributed by atoms with van der Waals surface area (Å²) in [6, 6.07) is -1.50. The highest BCUT2D eigenvalue weighted by molar-refractivity contribution is 8.00. The maximum absolute atomic E-state index is 13.0. The van der Waals surface area contributed by atoms with Crippen LogP contribution in [0.1, 0.15) is 5.82 Å². The number of fused-ring (bicyclic) bond motifs is 1. The van der Waals surface area contributed by atoms with E-state index in [1.165, 1.54) is 11.8 Å². The average molecular weight is 585 g/mol. The molecule has 0 radical (unpaired) electrons. The SMILES string of the molecule is C[N+]1(C/C=C/C2=C(C(=O)O)N3C(=O)[C@@H](NC(=O)/C(=N\OCF)c4nsc(N)n4)[C@@H]3SC2)CCN(C(N)=O)CC1. The lowest BCUT2D eigenvalue weighted by Gasteiger charge is -2.49.